The highest BCUT2D eigenvalue weighted by molar-refractivity contribution is 7.99. The van der Waals surface area contributed by atoms with Gasteiger partial charge in [-0.05, 0) is 30.7 Å². The van der Waals surface area contributed by atoms with E-state index < -0.39 is 0 Å². The third-order valence-electron chi connectivity index (χ3n) is 2.88. The number of halogens is 1. The second-order valence-electron chi connectivity index (χ2n) is 4.71. The predicted octanol–water partition coefficient (Wildman–Crippen LogP) is 2.78. The van der Waals surface area contributed by atoms with E-state index in [0.29, 0.717) is 41.4 Å². The quantitative estimate of drug-likeness (QED) is 0.697. The summed E-state index contributed by atoms with van der Waals surface area (Å²) < 4.78 is 10.1. The van der Waals surface area contributed by atoms with E-state index in [4.69, 9.17) is 20.9 Å². The van der Waals surface area contributed by atoms with Gasteiger partial charge in [0.1, 0.15) is 0 Å². The average molecular weight is 356 g/mol. The molecule has 6 nitrogen and oxygen atoms in total. The van der Waals surface area contributed by atoms with Crippen LogP contribution in [0, 0.1) is 0 Å². The van der Waals surface area contributed by atoms with Crippen molar-refractivity contribution >= 4 is 29.3 Å². The third kappa shape index (κ3) is 6.21. The van der Waals surface area contributed by atoms with Gasteiger partial charge >= 0.3 is 0 Å². The van der Waals surface area contributed by atoms with Crippen molar-refractivity contribution in [1.82, 2.24) is 15.5 Å². The van der Waals surface area contributed by atoms with Crippen molar-refractivity contribution in [1.29, 1.82) is 0 Å². The maximum atomic E-state index is 11.6. The molecule has 0 bridgehead atoms. The molecule has 124 valence electrons. The highest BCUT2D eigenvalue weighted by Crippen LogP contribution is 2.20. The fraction of sp³-hybridized carbons (Fsp3) is 0.400. The van der Waals surface area contributed by atoms with Crippen LogP contribution in [0.4, 0.5) is 0 Å². The average Bonchev–Trinajstić information content (AvgIpc) is 3.01. The third-order valence-corrected chi connectivity index (χ3v) is 4.05. The van der Waals surface area contributed by atoms with Crippen molar-refractivity contribution in [2.75, 3.05) is 26.0 Å². The molecule has 0 aliphatic carbocycles. The van der Waals surface area contributed by atoms with E-state index in [1.54, 1.807) is 19.2 Å². The molecule has 0 radical (unpaired) electrons. The van der Waals surface area contributed by atoms with Crippen molar-refractivity contribution in [3.63, 3.8) is 0 Å². The van der Waals surface area contributed by atoms with E-state index in [0.717, 1.165) is 12.0 Å². The zero-order chi connectivity index (χ0) is 16.5. The Morgan fingerprint density at radius 2 is 2.17 bits per heavy atom. The highest BCUT2D eigenvalue weighted by Gasteiger charge is 2.09. The Kier molecular flexibility index (Phi) is 7.38. The van der Waals surface area contributed by atoms with Gasteiger partial charge in [0.25, 0.3) is 0 Å². The molecule has 2 rings (SSSR count). The molecule has 0 aliphatic rings. The molecule has 1 aromatic carbocycles. The van der Waals surface area contributed by atoms with Crippen LogP contribution >= 0.6 is 23.4 Å². The Balaban J connectivity index is 1.72. The normalized spacial score (nSPS) is 10.7. The van der Waals surface area contributed by atoms with Crippen molar-refractivity contribution in [3.05, 3.63) is 35.2 Å². The largest absolute Gasteiger partial charge is 0.385 e. The number of amides is 1. The van der Waals surface area contributed by atoms with E-state index >= 15 is 0 Å². The molecule has 1 amide bonds. The predicted molar refractivity (Wildman–Crippen MR) is 90.4 cm³/mol. The number of carbonyl (C=O) groups is 1. The number of rotatable bonds is 9. The van der Waals surface area contributed by atoms with Crippen LogP contribution in [-0.2, 0) is 15.3 Å². The number of ether oxygens (including phenoxy) is 1. The van der Waals surface area contributed by atoms with Crippen molar-refractivity contribution in [2.24, 2.45) is 0 Å². The molecule has 1 heterocycles. The number of nitrogens with zero attached hydrogens (tertiary/aromatic N) is 2. The topological polar surface area (TPSA) is 77.2 Å². The summed E-state index contributed by atoms with van der Waals surface area (Å²) in [5.74, 6) is 1.84. The Morgan fingerprint density at radius 3 is 2.91 bits per heavy atom. The van der Waals surface area contributed by atoms with Gasteiger partial charge in [0.2, 0.25) is 17.6 Å². The summed E-state index contributed by atoms with van der Waals surface area (Å²) >= 11 is 7.27. The molecular weight excluding hydrogens is 338 g/mol. The molecule has 1 N–H and O–H groups in total. The van der Waals surface area contributed by atoms with Crippen LogP contribution in [0.15, 0.2) is 28.8 Å². The maximum absolute atomic E-state index is 11.6. The van der Waals surface area contributed by atoms with E-state index in [-0.39, 0.29) is 5.91 Å². The van der Waals surface area contributed by atoms with Crippen LogP contribution in [0.25, 0.3) is 11.4 Å². The minimum absolute atomic E-state index is 0.0106. The molecule has 0 spiro atoms. The molecule has 0 saturated heterocycles. The van der Waals surface area contributed by atoms with E-state index in [1.165, 1.54) is 11.8 Å². The SMILES string of the molecule is COCCCNC(=O)CSCc1nc(-c2ccc(Cl)cc2)no1. The molecular formula is C15H18ClN3O3S. The number of hydrogen-bond acceptors (Lipinski definition) is 6. The molecule has 0 fully saturated rings. The number of thioether (sulfide) groups is 1. The van der Waals surface area contributed by atoms with Gasteiger partial charge in [-0.15, -0.1) is 11.8 Å². The minimum Gasteiger partial charge on any atom is -0.385 e. The summed E-state index contributed by atoms with van der Waals surface area (Å²) in [6.07, 6.45) is 0.807. The number of benzene rings is 1. The zero-order valence-corrected chi connectivity index (χ0v) is 14.3. The van der Waals surface area contributed by atoms with Gasteiger partial charge in [-0.1, -0.05) is 16.8 Å². The lowest BCUT2D eigenvalue weighted by Crippen LogP contribution is -2.26. The lowest BCUT2D eigenvalue weighted by atomic mass is 10.2. The summed E-state index contributed by atoms with van der Waals surface area (Å²) in [4.78, 5) is 15.9. The monoisotopic (exact) mass is 355 g/mol. The van der Waals surface area contributed by atoms with Gasteiger partial charge in [-0.2, -0.15) is 4.98 Å². The Hall–Kier alpha value is -1.57. The van der Waals surface area contributed by atoms with Gasteiger partial charge < -0.3 is 14.6 Å². The standard InChI is InChI=1S/C15H18ClN3O3S/c1-21-8-2-7-17-13(20)9-23-10-14-18-15(19-22-14)11-3-5-12(16)6-4-11/h3-6H,2,7-10H2,1H3,(H,17,20). The molecule has 2 aromatic rings. The lowest BCUT2D eigenvalue weighted by Gasteiger charge is -2.03. The lowest BCUT2D eigenvalue weighted by molar-refractivity contribution is -0.118. The summed E-state index contributed by atoms with van der Waals surface area (Å²) in [5, 5.41) is 7.41. The number of methoxy groups -OCH3 is 1. The van der Waals surface area contributed by atoms with Crippen LogP contribution in [0.1, 0.15) is 12.3 Å². The van der Waals surface area contributed by atoms with Crippen molar-refractivity contribution < 1.29 is 14.1 Å². The van der Waals surface area contributed by atoms with E-state index in [2.05, 4.69) is 15.5 Å². The summed E-state index contributed by atoms with van der Waals surface area (Å²) in [7, 11) is 1.64. The highest BCUT2D eigenvalue weighted by atomic mass is 35.5. The fourth-order valence-corrected chi connectivity index (χ4v) is 2.56. The van der Waals surface area contributed by atoms with Crippen LogP contribution in [0.5, 0.6) is 0 Å². The van der Waals surface area contributed by atoms with Crippen molar-refractivity contribution in [2.45, 2.75) is 12.2 Å². The second-order valence-corrected chi connectivity index (χ2v) is 6.13. The minimum atomic E-state index is -0.0106. The first-order valence-corrected chi connectivity index (χ1v) is 8.64. The van der Waals surface area contributed by atoms with Gasteiger partial charge in [0.15, 0.2) is 0 Å². The van der Waals surface area contributed by atoms with Crippen molar-refractivity contribution in [3.8, 4) is 11.4 Å². The second kappa shape index (κ2) is 9.54. The van der Waals surface area contributed by atoms with E-state index in [9.17, 15) is 4.79 Å². The van der Waals surface area contributed by atoms with Gasteiger partial charge in [0, 0.05) is 30.8 Å². The summed E-state index contributed by atoms with van der Waals surface area (Å²) in [5.41, 5.74) is 0.838. The Labute approximate surface area is 143 Å². The molecule has 0 atom stereocenters. The molecule has 8 heteroatoms. The fourth-order valence-electron chi connectivity index (χ4n) is 1.76. The van der Waals surface area contributed by atoms with Crippen LogP contribution in [0.3, 0.4) is 0 Å². The number of hydrogen-bond donors (Lipinski definition) is 1. The molecule has 0 aliphatic heterocycles. The first-order chi connectivity index (χ1) is 11.2. The van der Waals surface area contributed by atoms with Gasteiger partial charge in [-0.25, -0.2) is 0 Å². The number of carbonyl (C=O) groups excluding carboxylic acids is 1. The first kappa shape index (κ1) is 17.8. The Bertz CT molecular complexity index is 619. The van der Waals surface area contributed by atoms with Crippen LogP contribution in [-0.4, -0.2) is 42.1 Å². The molecule has 1 aromatic heterocycles. The molecule has 0 unspecified atom stereocenters. The Morgan fingerprint density at radius 1 is 1.39 bits per heavy atom. The van der Waals surface area contributed by atoms with E-state index in [1.807, 2.05) is 12.1 Å². The molecule has 23 heavy (non-hydrogen) atoms. The smallest absolute Gasteiger partial charge is 0.236 e. The summed E-state index contributed by atoms with van der Waals surface area (Å²) in [6, 6.07) is 7.21. The van der Waals surface area contributed by atoms with Gasteiger partial charge in [0.05, 0.1) is 11.5 Å². The number of aromatic nitrogens is 2. The first-order valence-electron chi connectivity index (χ1n) is 7.11. The summed E-state index contributed by atoms with van der Waals surface area (Å²) in [6.45, 7) is 1.26. The van der Waals surface area contributed by atoms with Crippen LogP contribution < -0.4 is 5.32 Å². The van der Waals surface area contributed by atoms with Gasteiger partial charge in [-0.3, -0.25) is 4.79 Å². The zero-order valence-electron chi connectivity index (χ0n) is 12.8. The maximum Gasteiger partial charge on any atom is 0.236 e. The molecule has 0 saturated carbocycles. The number of nitrogens with one attached hydrogen (secondary N) is 1. The van der Waals surface area contributed by atoms with Crippen LogP contribution in [0.2, 0.25) is 5.02 Å².